The fraction of sp³-hybridized carbons (Fsp3) is 0.429. The van der Waals surface area contributed by atoms with Crippen molar-refractivity contribution < 1.29 is 14.3 Å². The normalized spacial score (nSPS) is 23.2. The third kappa shape index (κ3) is 3.55. The zero-order chi connectivity index (χ0) is 14.5. The van der Waals surface area contributed by atoms with Gasteiger partial charge in [0.15, 0.2) is 0 Å². The van der Waals surface area contributed by atoms with Crippen LogP contribution in [0.5, 0.6) is 0 Å². The van der Waals surface area contributed by atoms with Gasteiger partial charge in [-0.3, -0.25) is 9.59 Å². The highest BCUT2D eigenvalue weighted by Crippen LogP contribution is 2.19. The van der Waals surface area contributed by atoms with Crippen molar-refractivity contribution >= 4 is 11.8 Å². The van der Waals surface area contributed by atoms with Crippen molar-refractivity contribution in [2.75, 3.05) is 6.54 Å². The molecule has 1 heterocycles. The smallest absolute Gasteiger partial charge is 0.246 e. The Morgan fingerprint density at radius 1 is 1.30 bits per heavy atom. The van der Waals surface area contributed by atoms with Crippen LogP contribution in [0.15, 0.2) is 30.3 Å². The number of hydrogen-bond acceptors (Lipinski definition) is 4. The van der Waals surface area contributed by atoms with Crippen molar-refractivity contribution in [3.8, 4) is 0 Å². The molecule has 3 atom stereocenters. The molecule has 0 radical (unpaired) electrons. The highest BCUT2D eigenvalue weighted by molar-refractivity contribution is 5.83. The molecule has 6 nitrogen and oxygen atoms in total. The first-order chi connectivity index (χ1) is 9.58. The molecule has 2 amide bonds. The number of amides is 2. The molecule has 20 heavy (non-hydrogen) atoms. The summed E-state index contributed by atoms with van der Waals surface area (Å²) in [6, 6.07) is 8.44. The summed E-state index contributed by atoms with van der Waals surface area (Å²) in [4.78, 5) is 22.9. The van der Waals surface area contributed by atoms with Crippen molar-refractivity contribution in [3.63, 3.8) is 0 Å². The molecule has 0 spiro atoms. The van der Waals surface area contributed by atoms with Crippen molar-refractivity contribution in [2.45, 2.75) is 31.1 Å². The maximum absolute atomic E-state index is 11.9. The van der Waals surface area contributed by atoms with E-state index in [0.29, 0.717) is 19.4 Å². The average Bonchev–Trinajstić information content (AvgIpc) is 2.94. The maximum atomic E-state index is 11.9. The largest absolute Gasteiger partial charge is 0.367 e. The minimum atomic E-state index is -0.704. The van der Waals surface area contributed by atoms with Gasteiger partial charge in [0.2, 0.25) is 11.8 Å². The lowest BCUT2D eigenvalue weighted by Gasteiger charge is -2.16. The quantitative estimate of drug-likeness (QED) is 0.694. The molecule has 1 fully saturated rings. The van der Waals surface area contributed by atoms with Crippen molar-refractivity contribution in [1.82, 2.24) is 5.32 Å². The number of carbonyl (C=O) groups is 2. The van der Waals surface area contributed by atoms with E-state index in [1.807, 2.05) is 18.2 Å². The van der Waals surface area contributed by atoms with Crippen molar-refractivity contribution in [1.29, 1.82) is 0 Å². The molecule has 1 aromatic carbocycles. The molecule has 0 saturated carbocycles. The molecule has 0 bridgehead atoms. The Morgan fingerprint density at radius 3 is 2.60 bits per heavy atom. The Morgan fingerprint density at radius 2 is 2.00 bits per heavy atom. The molecule has 3 unspecified atom stereocenters. The average molecular weight is 277 g/mol. The molecule has 1 aromatic rings. The van der Waals surface area contributed by atoms with Gasteiger partial charge in [0, 0.05) is 6.54 Å². The number of ether oxygens (including phenoxy) is 1. The molecule has 108 valence electrons. The number of rotatable bonds is 5. The van der Waals surface area contributed by atoms with Crippen LogP contribution in [-0.4, -0.2) is 30.6 Å². The summed E-state index contributed by atoms with van der Waals surface area (Å²) >= 11 is 0. The van der Waals surface area contributed by atoms with Crippen LogP contribution < -0.4 is 16.8 Å². The second-order valence-corrected chi connectivity index (χ2v) is 4.86. The van der Waals surface area contributed by atoms with E-state index in [0.717, 1.165) is 5.56 Å². The Bertz CT molecular complexity index is 478. The number of nitrogens with two attached hydrogens (primary N) is 2. The number of carbonyl (C=O) groups excluding carboxylic acids is 2. The van der Waals surface area contributed by atoms with E-state index in [-0.39, 0.29) is 12.0 Å². The van der Waals surface area contributed by atoms with Gasteiger partial charge >= 0.3 is 0 Å². The molecule has 1 saturated heterocycles. The minimum absolute atomic E-state index is 0.181. The Kier molecular flexibility index (Phi) is 4.70. The zero-order valence-corrected chi connectivity index (χ0v) is 11.1. The number of primary amides is 1. The number of hydrogen-bond donors (Lipinski definition) is 3. The topological polar surface area (TPSA) is 107 Å². The summed E-state index contributed by atoms with van der Waals surface area (Å²) in [5, 5.41) is 2.74. The second kappa shape index (κ2) is 6.49. The van der Waals surface area contributed by atoms with Crippen LogP contribution in [0.1, 0.15) is 24.4 Å². The number of nitrogens with one attached hydrogen (secondary N) is 1. The molecule has 0 aromatic heterocycles. The van der Waals surface area contributed by atoms with Crippen molar-refractivity contribution in [2.24, 2.45) is 11.5 Å². The lowest BCUT2D eigenvalue weighted by atomic mass is 10.1. The van der Waals surface area contributed by atoms with Gasteiger partial charge in [0.05, 0.1) is 6.10 Å². The van der Waals surface area contributed by atoms with E-state index in [2.05, 4.69) is 5.32 Å². The SMILES string of the molecule is NC(=O)C1CCC(CNC(=O)C(N)c2ccccc2)O1. The monoisotopic (exact) mass is 277 g/mol. The molecule has 1 aliphatic heterocycles. The zero-order valence-electron chi connectivity index (χ0n) is 11.1. The summed E-state index contributed by atoms with van der Waals surface area (Å²) < 4.78 is 5.43. The van der Waals surface area contributed by atoms with E-state index in [1.165, 1.54) is 0 Å². The van der Waals surface area contributed by atoms with Gasteiger partial charge in [-0.05, 0) is 18.4 Å². The summed E-state index contributed by atoms with van der Waals surface area (Å²) in [7, 11) is 0. The second-order valence-electron chi connectivity index (χ2n) is 4.86. The molecular weight excluding hydrogens is 258 g/mol. The van der Waals surface area contributed by atoms with Gasteiger partial charge in [0.25, 0.3) is 0 Å². The van der Waals surface area contributed by atoms with Crippen molar-refractivity contribution in [3.05, 3.63) is 35.9 Å². The summed E-state index contributed by atoms with van der Waals surface area (Å²) in [5.74, 6) is -0.720. The first-order valence-electron chi connectivity index (χ1n) is 6.61. The first kappa shape index (κ1) is 14.5. The van der Waals surface area contributed by atoms with Crippen LogP contribution in [0.4, 0.5) is 0 Å². The lowest BCUT2D eigenvalue weighted by Crippen LogP contribution is -2.39. The standard InChI is InChI=1S/C14H19N3O3/c15-12(9-4-2-1-3-5-9)14(19)17-8-10-6-7-11(20-10)13(16)18/h1-5,10-12H,6-8,15H2,(H2,16,18)(H,17,19). The van der Waals surface area contributed by atoms with Gasteiger partial charge in [0.1, 0.15) is 12.1 Å². The first-order valence-corrected chi connectivity index (χ1v) is 6.61. The van der Waals surface area contributed by atoms with Crippen LogP contribution in [-0.2, 0) is 14.3 Å². The van der Waals surface area contributed by atoms with Gasteiger partial charge in [-0.1, -0.05) is 30.3 Å². The van der Waals surface area contributed by atoms with E-state index in [4.69, 9.17) is 16.2 Å². The van der Waals surface area contributed by atoms with Crippen LogP contribution in [0.25, 0.3) is 0 Å². The predicted octanol–water partition coefficient (Wildman–Crippen LogP) is -0.164. The highest BCUT2D eigenvalue weighted by Gasteiger charge is 2.29. The van der Waals surface area contributed by atoms with Gasteiger partial charge in [-0.15, -0.1) is 0 Å². The maximum Gasteiger partial charge on any atom is 0.246 e. The molecule has 0 aliphatic carbocycles. The fourth-order valence-corrected chi connectivity index (χ4v) is 2.20. The molecule has 2 rings (SSSR count). The predicted molar refractivity (Wildman–Crippen MR) is 73.5 cm³/mol. The Hall–Kier alpha value is -1.92. The summed E-state index contributed by atoms with van der Waals surface area (Å²) in [6.45, 7) is 0.336. The van der Waals surface area contributed by atoms with Gasteiger partial charge in [-0.2, -0.15) is 0 Å². The molecular formula is C14H19N3O3. The van der Waals surface area contributed by atoms with E-state index in [9.17, 15) is 9.59 Å². The van der Waals surface area contributed by atoms with E-state index >= 15 is 0 Å². The third-order valence-corrected chi connectivity index (χ3v) is 3.37. The lowest BCUT2D eigenvalue weighted by molar-refractivity contribution is -0.128. The molecule has 6 heteroatoms. The van der Waals surface area contributed by atoms with Crippen LogP contribution >= 0.6 is 0 Å². The molecule has 5 N–H and O–H groups in total. The van der Waals surface area contributed by atoms with Gasteiger partial charge in [-0.25, -0.2) is 0 Å². The van der Waals surface area contributed by atoms with Crippen LogP contribution in [0.3, 0.4) is 0 Å². The van der Waals surface area contributed by atoms with Gasteiger partial charge < -0.3 is 21.5 Å². The highest BCUT2D eigenvalue weighted by atomic mass is 16.5. The fourth-order valence-electron chi connectivity index (χ4n) is 2.20. The Labute approximate surface area is 117 Å². The molecule has 1 aliphatic rings. The summed E-state index contributed by atoms with van der Waals surface area (Å²) in [6.07, 6.45) is 0.578. The van der Waals surface area contributed by atoms with E-state index < -0.39 is 18.1 Å². The summed E-state index contributed by atoms with van der Waals surface area (Å²) in [5.41, 5.74) is 11.8. The Balaban J connectivity index is 1.80. The third-order valence-electron chi connectivity index (χ3n) is 3.37. The van der Waals surface area contributed by atoms with E-state index in [1.54, 1.807) is 12.1 Å². The minimum Gasteiger partial charge on any atom is -0.367 e. The van der Waals surface area contributed by atoms with Crippen LogP contribution in [0, 0.1) is 0 Å². The van der Waals surface area contributed by atoms with Crippen LogP contribution in [0.2, 0.25) is 0 Å². The number of benzene rings is 1.